The highest BCUT2D eigenvalue weighted by atomic mass is 15.0. The zero-order chi connectivity index (χ0) is 35.9. The van der Waals surface area contributed by atoms with Crippen molar-refractivity contribution >= 4 is 75.9 Å². The van der Waals surface area contributed by atoms with Crippen molar-refractivity contribution in [1.82, 2.24) is 9.13 Å². The van der Waals surface area contributed by atoms with Crippen LogP contribution in [0.5, 0.6) is 0 Å². The summed E-state index contributed by atoms with van der Waals surface area (Å²) in [5.74, 6) is 0. The number of fused-ring (bicyclic) bond motifs is 9. The maximum absolute atomic E-state index is 2.50. The first-order valence-corrected chi connectivity index (χ1v) is 19.2. The molecule has 54 heavy (non-hydrogen) atoms. The van der Waals surface area contributed by atoms with Gasteiger partial charge in [-0.3, -0.25) is 0 Å². The van der Waals surface area contributed by atoms with Crippen molar-refractivity contribution in [3.05, 3.63) is 170 Å². The van der Waals surface area contributed by atoms with Crippen molar-refractivity contribution in [3.8, 4) is 33.4 Å². The van der Waals surface area contributed by atoms with Crippen molar-refractivity contribution < 1.29 is 0 Å². The average Bonchev–Trinajstić information content (AvgIpc) is 3.75. The van der Waals surface area contributed by atoms with Crippen molar-refractivity contribution in [2.75, 3.05) is 0 Å². The molecule has 11 rings (SSSR count). The van der Waals surface area contributed by atoms with E-state index in [-0.39, 0.29) is 0 Å². The number of benzene rings is 9. The molecule has 0 aliphatic rings. The van der Waals surface area contributed by atoms with Crippen LogP contribution in [0.25, 0.3) is 109 Å². The minimum absolute atomic E-state index is 0.898. The van der Waals surface area contributed by atoms with E-state index >= 15 is 0 Å². The van der Waals surface area contributed by atoms with Crippen LogP contribution in [0, 0.1) is 0 Å². The fourth-order valence-corrected chi connectivity index (χ4v) is 9.68. The van der Waals surface area contributed by atoms with Crippen molar-refractivity contribution in [2.45, 2.75) is 26.9 Å². The van der Waals surface area contributed by atoms with Crippen LogP contribution < -0.4 is 0 Å². The van der Waals surface area contributed by atoms with Gasteiger partial charge in [0, 0.05) is 56.8 Å². The maximum atomic E-state index is 2.50. The van der Waals surface area contributed by atoms with Gasteiger partial charge in [0.2, 0.25) is 0 Å². The fraction of sp³-hybridized carbons (Fsp3) is 0.0769. The second-order valence-corrected chi connectivity index (χ2v) is 14.5. The van der Waals surface area contributed by atoms with Crippen LogP contribution in [0.15, 0.2) is 170 Å². The van der Waals surface area contributed by atoms with Crippen LogP contribution >= 0.6 is 0 Å². The normalized spacial score (nSPS) is 12.0. The number of hydrogen-bond acceptors (Lipinski definition) is 0. The van der Waals surface area contributed by atoms with Gasteiger partial charge in [0.1, 0.15) is 0 Å². The van der Waals surface area contributed by atoms with E-state index in [1.54, 1.807) is 0 Å². The number of aromatic nitrogens is 2. The summed E-state index contributed by atoms with van der Waals surface area (Å²) in [4.78, 5) is 0. The summed E-state index contributed by atoms with van der Waals surface area (Å²) in [6, 6.07) is 63.4. The molecule has 0 saturated heterocycles. The van der Waals surface area contributed by atoms with E-state index in [2.05, 4.69) is 193 Å². The molecule has 0 aliphatic heterocycles. The molecule has 0 fully saturated rings. The van der Waals surface area contributed by atoms with Crippen molar-refractivity contribution in [2.24, 2.45) is 0 Å². The molecule has 0 unspecified atom stereocenters. The number of rotatable bonds is 5. The van der Waals surface area contributed by atoms with Gasteiger partial charge in [-0.15, -0.1) is 0 Å². The Morgan fingerprint density at radius 3 is 1.24 bits per heavy atom. The van der Waals surface area contributed by atoms with Crippen LogP contribution in [-0.2, 0) is 13.1 Å². The molecule has 0 spiro atoms. The monoisotopic (exact) mass is 690 g/mol. The Hall–Kier alpha value is -6.64. The molecule has 0 atom stereocenters. The molecule has 0 N–H and O–H groups in total. The Labute approximate surface area is 314 Å². The minimum Gasteiger partial charge on any atom is -0.340 e. The van der Waals surface area contributed by atoms with E-state index in [1.807, 2.05) is 0 Å². The second kappa shape index (κ2) is 11.9. The number of hydrogen-bond donors (Lipinski definition) is 0. The Balaban J connectivity index is 1.32. The van der Waals surface area contributed by atoms with Crippen LogP contribution in [0.2, 0.25) is 0 Å². The van der Waals surface area contributed by atoms with Gasteiger partial charge in [-0.05, 0) is 86.6 Å². The summed E-state index contributed by atoms with van der Waals surface area (Å²) in [6.07, 6.45) is 0. The van der Waals surface area contributed by atoms with Gasteiger partial charge in [0.05, 0.1) is 11.0 Å². The largest absolute Gasteiger partial charge is 0.340 e. The van der Waals surface area contributed by atoms with Gasteiger partial charge in [-0.1, -0.05) is 152 Å². The summed E-state index contributed by atoms with van der Waals surface area (Å²) in [5, 5.41) is 12.8. The summed E-state index contributed by atoms with van der Waals surface area (Å²) in [7, 11) is 0. The molecule has 2 heterocycles. The first-order valence-electron chi connectivity index (χ1n) is 19.2. The lowest BCUT2D eigenvalue weighted by Crippen LogP contribution is -1.97. The lowest BCUT2D eigenvalue weighted by molar-refractivity contribution is 0.828. The SMILES string of the molecule is CCn1c2ccccc2c2cccc(-c3cccc4c(-c5cccc6ccccc56)c5cccc(-c6cccc7c8ccccc8n(CC)c67)c5cc34)c21. The van der Waals surface area contributed by atoms with Crippen LogP contribution in [0.1, 0.15) is 13.8 Å². The smallest absolute Gasteiger partial charge is 0.0571 e. The van der Waals surface area contributed by atoms with Crippen LogP contribution in [0.4, 0.5) is 0 Å². The molecule has 0 saturated carbocycles. The third kappa shape index (κ3) is 4.28. The lowest BCUT2D eigenvalue weighted by Gasteiger charge is -2.19. The highest BCUT2D eigenvalue weighted by molar-refractivity contribution is 6.24. The Morgan fingerprint density at radius 1 is 0.315 bits per heavy atom. The Morgan fingerprint density at radius 2 is 0.704 bits per heavy atom. The lowest BCUT2D eigenvalue weighted by atomic mass is 9.84. The molecule has 0 bridgehead atoms. The number of nitrogens with zero attached hydrogens (tertiary/aromatic N) is 2. The zero-order valence-corrected chi connectivity index (χ0v) is 30.5. The summed E-state index contributed by atoms with van der Waals surface area (Å²) in [5.41, 5.74) is 12.8. The molecule has 256 valence electrons. The quantitative estimate of drug-likeness (QED) is 0.159. The molecule has 0 radical (unpaired) electrons. The molecular weight excluding hydrogens is 653 g/mol. The predicted octanol–water partition coefficient (Wildman–Crippen LogP) is 14.4. The maximum Gasteiger partial charge on any atom is 0.0571 e. The number of aryl methyl sites for hydroxylation is 2. The Kier molecular flexibility index (Phi) is 6.84. The van der Waals surface area contributed by atoms with Gasteiger partial charge in [-0.25, -0.2) is 0 Å². The van der Waals surface area contributed by atoms with Crippen molar-refractivity contribution in [3.63, 3.8) is 0 Å². The third-order valence-electron chi connectivity index (χ3n) is 11.9. The second-order valence-electron chi connectivity index (χ2n) is 14.5. The first kappa shape index (κ1) is 30.9. The van der Waals surface area contributed by atoms with E-state index in [4.69, 9.17) is 0 Å². The van der Waals surface area contributed by atoms with Gasteiger partial charge >= 0.3 is 0 Å². The topological polar surface area (TPSA) is 9.86 Å². The fourth-order valence-electron chi connectivity index (χ4n) is 9.68. The summed E-state index contributed by atoms with van der Waals surface area (Å²) < 4.78 is 5.00. The third-order valence-corrected chi connectivity index (χ3v) is 11.9. The molecule has 11 aromatic rings. The van der Waals surface area contributed by atoms with E-state index in [0.29, 0.717) is 0 Å². The van der Waals surface area contributed by atoms with Crippen molar-refractivity contribution in [1.29, 1.82) is 0 Å². The van der Waals surface area contributed by atoms with Gasteiger partial charge < -0.3 is 9.13 Å². The van der Waals surface area contributed by atoms with E-state index in [1.165, 1.54) is 109 Å². The molecule has 2 heteroatoms. The highest BCUT2D eigenvalue weighted by Gasteiger charge is 2.21. The standard InChI is InChI=1S/C52H38N2/c1-3-53-48-30-9-7-19-37(48)44-28-14-26-42(51(44)53)35-21-12-24-40-46(35)32-47-36(43-27-15-29-45-38-20-8-10-31-49(38)54(4-2)52(43)45)22-13-25-41(47)50(40)39-23-11-17-33-16-5-6-18-34(33)39/h5-32H,3-4H2,1-2H3. The first-order chi connectivity index (χ1) is 26.7. The predicted molar refractivity (Wildman–Crippen MR) is 233 cm³/mol. The zero-order valence-electron chi connectivity index (χ0n) is 30.5. The highest BCUT2D eigenvalue weighted by Crippen LogP contribution is 2.47. The molecule has 0 amide bonds. The van der Waals surface area contributed by atoms with E-state index < -0.39 is 0 Å². The molecule has 2 aromatic heterocycles. The molecule has 0 aliphatic carbocycles. The minimum atomic E-state index is 0.898. The van der Waals surface area contributed by atoms with Crippen LogP contribution in [-0.4, -0.2) is 9.13 Å². The van der Waals surface area contributed by atoms with Gasteiger partial charge in [0.15, 0.2) is 0 Å². The molecule has 2 nitrogen and oxygen atoms in total. The summed E-state index contributed by atoms with van der Waals surface area (Å²) >= 11 is 0. The van der Waals surface area contributed by atoms with Crippen LogP contribution in [0.3, 0.4) is 0 Å². The van der Waals surface area contributed by atoms with E-state index in [9.17, 15) is 0 Å². The van der Waals surface area contributed by atoms with Gasteiger partial charge in [0.25, 0.3) is 0 Å². The van der Waals surface area contributed by atoms with Gasteiger partial charge in [-0.2, -0.15) is 0 Å². The Bertz CT molecular complexity index is 3120. The number of para-hydroxylation sites is 4. The molecular formula is C52H38N2. The van der Waals surface area contributed by atoms with E-state index in [0.717, 1.165) is 13.1 Å². The average molecular weight is 691 g/mol. The molecule has 9 aromatic carbocycles. The summed E-state index contributed by atoms with van der Waals surface area (Å²) in [6.45, 7) is 6.33.